The third-order valence-corrected chi connectivity index (χ3v) is 6.50. The van der Waals surface area contributed by atoms with Crippen molar-refractivity contribution in [3.05, 3.63) is 23.8 Å². The Hall–Kier alpha value is -1.99. The van der Waals surface area contributed by atoms with Crippen LogP contribution < -0.4 is 20.1 Å². The molecule has 1 aliphatic carbocycles. The van der Waals surface area contributed by atoms with Gasteiger partial charge < -0.3 is 29.7 Å². The minimum atomic E-state index is 0.0900. The zero-order valence-corrected chi connectivity index (χ0v) is 19.0. The third kappa shape index (κ3) is 5.79. The van der Waals surface area contributed by atoms with Crippen molar-refractivity contribution in [2.45, 2.75) is 56.7 Å². The summed E-state index contributed by atoms with van der Waals surface area (Å²) < 4.78 is 17.3. The van der Waals surface area contributed by atoms with Gasteiger partial charge in [-0.05, 0) is 64.8 Å². The Labute approximate surface area is 181 Å². The summed E-state index contributed by atoms with van der Waals surface area (Å²) in [6, 6.07) is 6.05. The molecule has 0 bridgehead atoms. The average Bonchev–Trinajstić information content (AvgIpc) is 3.28. The number of rotatable bonds is 8. The average molecular weight is 419 g/mol. The van der Waals surface area contributed by atoms with Crippen LogP contribution >= 0.6 is 0 Å². The van der Waals surface area contributed by atoms with Crippen LogP contribution in [-0.2, 0) is 11.3 Å². The van der Waals surface area contributed by atoms with E-state index in [1.54, 1.807) is 7.11 Å². The van der Waals surface area contributed by atoms with Crippen LogP contribution in [0.4, 0.5) is 0 Å². The van der Waals surface area contributed by atoms with Crippen molar-refractivity contribution in [1.82, 2.24) is 15.5 Å². The van der Waals surface area contributed by atoms with Crippen molar-refractivity contribution in [1.29, 1.82) is 0 Å². The summed E-state index contributed by atoms with van der Waals surface area (Å²) in [5, 5.41) is 6.98. The largest absolute Gasteiger partial charge is 0.497 e. The van der Waals surface area contributed by atoms with E-state index in [0.29, 0.717) is 12.6 Å². The summed E-state index contributed by atoms with van der Waals surface area (Å²) in [7, 11) is 7.79. The lowest BCUT2D eigenvalue weighted by Crippen LogP contribution is -2.57. The molecular formula is C23H38N4O3. The van der Waals surface area contributed by atoms with Gasteiger partial charge in [-0.3, -0.25) is 4.99 Å². The molecule has 7 nitrogen and oxygen atoms in total. The van der Waals surface area contributed by atoms with E-state index in [-0.39, 0.29) is 5.54 Å². The molecule has 7 heteroatoms. The van der Waals surface area contributed by atoms with Gasteiger partial charge in [-0.2, -0.15) is 0 Å². The first-order valence-corrected chi connectivity index (χ1v) is 11.1. The van der Waals surface area contributed by atoms with Gasteiger partial charge in [0.1, 0.15) is 11.5 Å². The van der Waals surface area contributed by atoms with Crippen LogP contribution in [0.25, 0.3) is 0 Å². The molecule has 2 aliphatic rings. The second-order valence-electron chi connectivity index (χ2n) is 8.51. The zero-order valence-electron chi connectivity index (χ0n) is 19.0. The molecule has 0 atom stereocenters. The summed E-state index contributed by atoms with van der Waals surface area (Å²) >= 11 is 0. The highest BCUT2D eigenvalue weighted by Crippen LogP contribution is 2.30. The number of benzene rings is 1. The first kappa shape index (κ1) is 22.7. The Morgan fingerprint density at radius 3 is 2.57 bits per heavy atom. The van der Waals surface area contributed by atoms with Crippen LogP contribution in [0.2, 0.25) is 0 Å². The van der Waals surface area contributed by atoms with Gasteiger partial charge in [-0.15, -0.1) is 0 Å². The summed E-state index contributed by atoms with van der Waals surface area (Å²) in [5.41, 5.74) is 1.20. The summed E-state index contributed by atoms with van der Waals surface area (Å²) in [6.07, 6.45) is 7.09. The Bertz CT molecular complexity index is 696. The van der Waals surface area contributed by atoms with Gasteiger partial charge in [0.2, 0.25) is 0 Å². The lowest BCUT2D eigenvalue weighted by atomic mass is 9.88. The monoisotopic (exact) mass is 418 g/mol. The quantitative estimate of drug-likeness (QED) is 0.500. The van der Waals surface area contributed by atoms with Crippen LogP contribution in [0.15, 0.2) is 23.2 Å². The number of hydrogen-bond donors (Lipinski definition) is 2. The van der Waals surface area contributed by atoms with Gasteiger partial charge in [0.25, 0.3) is 0 Å². The molecule has 1 aliphatic heterocycles. The molecule has 0 amide bonds. The van der Waals surface area contributed by atoms with Crippen LogP contribution in [0.1, 0.15) is 44.1 Å². The van der Waals surface area contributed by atoms with E-state index >= 15 is 0 Å². The zero-order chi connectivity index (χ0) is 21.4. The number of aliphatic imine (C=N–C) groups is 1. The highest BCUT2D eigenvalue weighted by Gasteiger charge is 2.34. The molecule has 1 saturated carbocycles. The Balaban J connectivity index is 1.61. The van der Waals surface area contributed by atoms with Crippen LogP contribution in [0.5, 0.6) is 11.5 Å². The van der Waals surface area contributed by atoms with Crippen molar-refractivity contribution in [3.8, 4) is 11.5 Å². The predicted octanol–water partition coefficient (Wildman–Crippen LogP) is 2.79. The van der Waals surface area contributed by atoms with Crippen LogP contribution in [-0.4, -0.2) is 70.5 Å². The standard InChI is InChI=1S/C23H38N4O3/c1-24-22(26-17-23(27(2)3)11-13-29-14-12-23)25-16-18-9-10-20(28-4)15-21(18)30-19-7-5-6-8-19/h9-10,15,19H,5-8,11-14,16-17H2,1-4H3,(H2,24,25,26). The molecular weight excluding hydrogens is 380 g/mol. The predicted molar refractivity (Wildman–Crippen MR) is 121 cm³/mol. The highest BCUT2D eigenvalue weighted by atomic mass is 16.5. The smallest absolute Gasteiger partial charge is 0.191 e. The van der Waals surface area contributed by atoms with E-state index < -0.39 is 0 Å². The van der Waals surface area contributed by atoms with Gasteiger partial charge in [-0.1, -0.05) is 0 Å². The normalized spacial score (nSPS) is 19.7. The van der Waals surface area contributed by atoms with Crippen molar-refractivity contribution in [2.75, 3.05) is 48.0 Å². The number of hydrogen-bond acceptors (Lipinski definition) is 5. The van der Waals surface area contributed by atoms with E-state index in [1.165, 1.54) is 12.8 Å². The topological polar surface area (TPSA) is 67.4 Å². The number of nitrogens with one attached hydrogen (secondary N) is 2. The molecule has 168 valence electrons. The fourth-order valence-corrected chi connectivity index (χ4v) is 4.28. The summed E-state index contributed by atoms with van der Waals surface area (Å²) in [4.78, 5) is 6.74. The summed E-state index contributed by atoms with van der Waals surface area (Å²) in [6.45, 7) is 3.08. The molecule has 1 heterocycles. The van der Waals surface area contributed by atoms with E-state index in [0.717, 1.165) is 68.5 Å². The molecule has 2 N–H and O–H groups in total. The molecule has 3 rings (SSSR count). The van der Waals surface area contributed by atoms with Gasteiger partial charge in [0, 0.05) is 50.5 Å². The SMILES string of the molecule is CN=C(NCc1ccc(OC)cc1OC1CCCC1)NCC1(N(C)C)CCOCC1. The Morgan fingerprint density at radius 1 is 1.20 bits per heavy atom. The maximum atomic E-state index is 6.32. The van der Waals surface area contributed by atoms with Gasteiger partial charge in [-0.25, -0.2) is 0 Å². The van der Waals surface area contributed by atoms with E-state index in [1.807, 2.05) is 19.2 Å². The maximum absolute atomic E-state index is 6.32. The minimum Gasteiger partial charge on any atom is -0.497 e. The second-order valence-corrected chi connectivity index (χ2v) is 8.51. The molecule has 1 aromatic rings. The fraction of sp³-hybridized carbons (Fsp3) is 0.696. The number of likely N-dealkylation sites (N-methyl/N-ethyl adjacent to an activating group) is 1. The number of ether oxygens (including phenoxy) is 3. The molecule has 0 radical (unpaired) electrons. The minimum absolute atomic E-state index is 0.0900. The third-order valence-electron chi connectivity index (χ3n) is 6.50. The molecule has 1 aromatic carbocycles. The lowest BCUT2D eigenvalue weighted by Gasteiger charge is -2.43. The number of nitrogens with zero attached hydrogens (tertiary/aromatic N) is 2. The molecule has 0 unspecified atom stereocenters. The van der Waals surface area contributed by atoms with Gasteiger partial charge >= 0.3 is 0 Å². The van der Waals surface area contributed by atoms with Crippen molar-refractivity contribution >= 4 is 5.96 Å². The molecule has 0 aromatic heterocycles. The molecule has 0 spiro atoms. The molecule has 1 saturated heterocycles. The van der Waals surface area contributed by atoms with Gasteiger partial charge in [0.05, 0.1) is 13.2 Å². The van der Waals surface area contributed by atoms with Crippen LogP contribution in [0.3, 0.4) is 0 Å². The molecule has 30 heavy (non-hydrogen) atoms. The van der Waals surface area contributed by atoms with E-state index in [9.17, 15) is 0 Å². The first-order chi connectivity index (χ1) is 14.6. The maximum Gasteiger partial charge on any atom is 0.191 e. The second kappa shape index (κ2) is 10.9. The fourth-order valence-electron chi connectivity index (χ4n) is 4.28. The van der Waals surface area contributed by atoms with Crippen LogP contribution in [0, 0.1) is 0 Å². The molecule has 2 fully saturated rings. The van der Waals surface area contributed by atoms with E-state index in [2.05, 4.69) is 40.7 Å². The van der Waals surface area contributed by atoms with Crippen molar-refractivity contribution in [3.63, 3.8) is 0 Å². The van der Waals surface area contributed by atoms with E-state index in [4.69, 9.17) is 14.2 Å². The highest BCUT2D eigenvalue weighted by molar-refractivity contribution is 5.79. The summed E-state index contributed by atoms with van der Waals surface area (Å²) in [5.74, 6) is 2.52. The first-order valence-electron chi connectivity index (χ1n) is 11.1. The van der Waals surface area contributed by atoms with Gasteiger partial charge in [0.15, 0.2) is 5.96 Å². The Morgan fingerprint density at radius 2 is 1.93 bits per heavy atom. The number of guanidine groups is 1. The van der Waals surface area contributed by atoms with Crippen molar-refractivity contribution < 1.29 is 14.2 Å². The van der Waals surface area contributed by atoms with Crippen molar-refractivity contribution in [2.24, 2.45) is 4.99 Å². The number of methoxy groups -OCH3 is 1. The Kier molecular flexibility index (Phi) is 8.22. The lowest BCUT2D eigenvalue weighted by molar-refractivity contribution is -0.00501.